The lowest BCUT2D eigenvalue weighted by Gasteiger charge is -2.31. The third kappa shape index (κ3) is 4.27. The smallest absolute Gasteiger partial charge is 0.154 e. The minimum atomic E-state index is 0.511. The van der Waals surface area contributed by atoms with Gasteiger partial charge in [0.25, 0.3) is 0 Å². The van der Waals surface area contributed by atoms with Crippen LogP contribution in [0.2, 0.25) is 0 Å². The van der Waals surface area contributed by atoms with Crippen LogP contribution in [0.4, 0.5) is 0 Å². The van der Waals surface area contributed by atoms with E-state index in [0.717, 1.165) is 57.1 Å². The summed E-state index contributed by atoms with van der Waals surface area (Å²) in [6.07, 6.45) is 7.23. The van der Waals surface area contributed by atoms with Crippen molar-refractivity contribution in [3.8, 4) is 0 Å². The molecule has 6 heteroatoms. The van der Waals surface area contributed by atoms with Crippen molar-refractivity contribution in [3.63, 3.8) is 0 Å². The highest BCUT2D eigenvalue weighted by atomic mass is 15.3. The Bertz CT molecular complexity index is 816. The topological polar surface area (TPSA) is 51.8 Å². The third-order valence-corrected chi connectivity index (χ3v) is 5.55. The van der Waals surface area contributed by atoms with Crippen LogP contribution in [0.25, 0.3) is 0 Å². The minimum absolute atomic E-state index is 0.511. The monoisotopic (exact) mass is 364 g/mol. The Hall–Kier alpha value is -2.47. The molecule has 0 saturated carbocycles. The van der Waals surface area contributed by atoms with Gasteiger partial charge in [0, 0.05) is 31.4 Å². The summed E-state index contributed by atoms with van der Waals surface area (Å²) in [6, 6.07) is 12.7. The van der Waals surface area contributed by atoms with Gasteiger partial charge in [0.15, 0.2) is 5.82 Å². The highest BCUT2D eigenvalue weighted by Gasteiger charge is 2.25. The lowest BCUT2D eigenvalue weighted by atomic mass is 9.95. The first-order chi connectivity index (χ1) is 13.3. The van der Waals surface area contributed by atoms with Gasteiger partial charge in [-0.15, -0.1) is 10.2 Å². The summed E-state index contributed by atoms with van der Waals surface area (Å²) in [7, 11) is 0. The van der Waals surface area contributed by atoms with Crippen LogP contribution in [-0.4, -0.2) is 49.1 Å². The summed E-state index contributed by atoms with van der Waals surface area (Å²) in [5.74, 6) is 2.67. The van der Waals surface area contributed by atoms with Gasteiger partial charge in [-0.1, -0.05) is 30.3 Å². The van der Waals surface area contributed by atoms with Crippen molar-refractivity contribution in [2.24, 2.45) is 0 Å². The molecule has 1 saturated heterocycles. The zero-order valence-electron chi connectivity index (χ0n) is 16.0. The fraction of sp³-hybridized carbons (Fsp3) is 0.476. The second kappa shape index (κ2) is 8.48. The van der Waals surface area contributed by atoms with Gasteiger partial charge in [-0.2, -0.15) is 5.10 Å². The van der Waals surface area contributed by atoms with Crippen molar-refractivity contribution in [2.45, 2.75) is 45.2 Å². The van der Waals surface area contributed by atoms with Crippen LogP contribution in [0.1, 0.15) is 42.9 Å². The lowest BCUT2D eigenvalue weighted by Crippen LogP contribution is -2.35. The first kappa shape index (κ1) is 17.9. The number of benzene rings is 1. The number of aromatic nitrogens is 5. The van der Waals surface area contributed by atoms with E-state index in [9.17, 15) is 0 Å². The van der Waals surface area contributed by atoms with Gasteiger partial charge in [0.2, 0.25) is 0 Å². The van der Waals surface area contributed by atoms with Crippen LogP contribution in [0.5, 0.6) is 0 Å². The molecule has 0 radical (unpaired) electrons. The Morgan fingerprint density at radius 3 is 2.56 bits per heavy atom. The van der Waals surface area contributed by atoms with Gasteiger partial charge in [-0.05, 0) is 50.9 Å². The van der Waals surface area contributed by atoms with E-state index in [1.165, 1.54) is 5.56 Å². The molecule has 27 heavy (non-hydrogen) atoms. The molecular weight excluding hydrogens is 336 g/mol. The number of nitrogens with zero attached hydrogens (tertiary/aromatic N) is 6. The Kier molecular flexibility index (Phi) is 5.63. The van der Waals surface area contributed by atoms with E-state index in [-0.39, 0.29) is 0 Å². The van der Waals surface area contributed by atoms with Gasteiger partial charge in [-0.3, -0.25) is 4.68 Å². The van der Waals surface area contributed by atoms with E-state index in [1.54, 1.807) is 6.20 Å². The van der Waals surface area contributed by atoms with E-state index in [1.807, 2.05) is 16.9 Å². The molecule has 3 aromatic rings. The van der Waals surface area contributed by atoms with Crippen LogP contribution in [0.3, 0.4) is 0 Å². The summed E-state index contributed by atoms with van der Waals surface area (Å²) in [6.45, 7) is 7.19. The van der Waals surface area contributed by atoms with Crippen molar-refractivity contribution in [1.82, 2.24) is 29.4 Å². The number of hydrogen-bond donors (Lipinski definition) is 0. The van der Waals surface area contributed by atoms with Crippen molar-refractivity contribution < 1.29 is 0 Å². The van der Waals surface area contributed by atoms with Gasteiger partial charge in [0.05, 0.1) is 0 Å². The quantitative estimate of drug-likeness (QED) is 0.647. The molecule has 1 aliphatic heterocycles. The third-order valence-electron chi connectivity index (χ3n) is 5.55. The maximum Gasteiger partial charge on any atom is 0.154 e. The second-order valence-electron chi connectivity index (χ2n) is 7.27. The number of likely N-dealkylation sites (tertiary alicyclic amines) is 1. The van der Waals surface area contributed by atoms with Crippen LogP contribution in [0.15, 0.2) is 48.8 Å². The zero-order valence-corrected chi connectivity index (χ0v) is 16.0. The second-order valence-corrected chi connectivity index (χ2v) is 7.27. The Morgan fingerprint density at radius 1 is 1.04 bits per heavy atom. The molecule has 0 aliphatic carbocycles. The Labute approximate surface area is 160 Å². The van der Waals surface area contributed by atoms with E-state index in [2.05, 4.69) is 62.0 Å². The molecule has 1 fully saturated rings. The van der Waals surface area contributed by atoms with E-state index in [0.29, 0.717) is 12.5 Å². The lowest BCUT2D eigenvalue weighted by molar-refractivity contribution is 0.209. The van der Waals surface area contributed by atoms with Crippen molar-refractivity contribution in [1.29, 1.82) is 0 Å². The highest BCUT2D eigenvalue weighted by molar-refractivity contribution is 5.15. The molecule has 0 amide bonds. The summed E-state index contributed by atoms with van der Waals surface area (Å²) in [5, 5.41) is 13.3. The molecule has 0 unspecified atom stereocenters. The number of piperidine rings is 1. The molecule has 2 aromatic heterocycles. The minimum Gasteiger partial charge on any atom is -0.313 e. The summed E-state index contributed by atoms with van der Waals surface area (Å²) < 4.78 is 4.19. The van der Waals surface area contributed by atoms with Gasteiger partial charge >= 0.3 is 0 Å². The Morgan fingerprint density at radius 2 is 1.85 bits per heavy atom. The first-order valence-electron chi connectivity index (χ1n) is 9.99. The number of rotatable bonds is 7. The molecule has 0 atom stereocenters. The zero-order chi connectivity index (χ0) is 18.5. The molecule has 6 nitrogen and oxygen atoms in total. The molecule has 142 valence electrons. The standard InChI is InChI=1S/C21H28N6/c1-2-27-20(17-26-13-6-12-22-26)23-24-21(27)19-10-15-25(16-11-19)14-9-18-7-4-3-5-8-18/h3-8,12-13,19H,2,9-11,14-17H2,1H3. The normalized spacial score (nSPS) is 16.0. The number of hydrogen-bond acceptors (Lipinski definition) is 4. The molecule has 0 N–H and O–H groups in total. The average molecular weight is 364 g/mol. The first-order valence-corrected chi connectivity index (χ1v) is 9.99. The van der Waals surface area contributed by atoms with Crippen LogP contribution >= 0.6 is 0 Å². The highest BCUT2D eigenvalue weighted by Crippen LogP contribution is 2.27. The Balaban J connectivity index is 1.34. The van der Waals surface area contributed by atoms with Crippen molar-refractivity contribution in [3.05, 3.63) is 66.0 Å². The molecular formula is C21H28N6. The summed E-state index contributed by atoms with van der Waals surface area (Å²) >= 11 is 0. The van der Waals surface area contributed by atoms with Crippen molar-refractivity contribution in [2.75, 3.05) is 19.6 Å². The van der Waals surface area contributed by atoms with E-state index in [4.69, 9.17) is 0 Å². The van der Waals surface area contributed by atoms with E-state index >= 15 is 0 Å². The molecule has 1 aromatic carbocycles. The van der Waals surface area contributed by atoms with Crippen LogP contribution in [0, 0.1) is 0 Å². The van der Waals surface area contributed by atoms with Gasteiger partial charge < -0.3 is 9.47 Å². The maximum atomic E-state index is 4.56. The molecule has 4 rings (SSSR count). The predicted molar refractivity (Wildman–Crippen MR) is 106 cm³/mol. The van der Waals surface area contributed by atoms with Gasteiger partial charge in [-0.25, -0.2) is 0 Å². The average Bonchev–Trinajstić information content (AvgIpc) is 3.38. The van der Waals surface area contributed by atoms with Crippen molar-refractivity contribution >= 4 is 0 Å². The molecule has 0 spiro atoms. The molecule has 3 heterocycles. The summed E-state index contributed by atoms with van der Waals surface area (Å²) in [5.41, 5.74) is 1.42. The van der Waals surface area contributed by atoms with Gasteiger partial charge in [0.1, 0.15) is 12.4 Å². The fourth-order valence-corrected chi connectivity index (χ4v) is 4.00. The largest absolute Gasteiger partial charge is 0.313 e. The van der Waals surface area contributed by atoms with Crippen LogP contribution in [-0.2, 0) is 19.5 Å². The predicted octanol–water partition coefficient (Wildman–Crippen LogP) is 2.96. The van der Waals surface area contributed by atoms with E-state index < -0.39 is 0 Å². The maximum absolute atomic E-state index is 4.56. The fourth-order valence-electron chi connectivity index (χ4n) is 4.00. The summed E-state index contributed by atoms with van der Waals surface area (Å²) in [4.78, 5) is 2.58. The SMILES string of the molecule is CCn1c(Cn2cccn2)nnc1C1CCN(CCc2ccccc2)CC1. The molecule has 1 aliphatic rings. The molecule has 0 bridgehead atoms. The van der Waals surface area contributed by atoms with Crippen LogP contribution < -0.4 is 0 Å².